The summed E-state index contributed by atoms with van der Waals surface area (Å²) in [6.07, 6.45) is 1.48. The Morgan fingerprint density at radius 1 is 1.50 bits per heavy atom. The van der Waals surface area contributed by atoms with Gasteiger partial charge in [0, 0.05) is 46.0 Å². The third-order valence-electron chi connectivity index (χ3n) is 3.49. The van der Waals surface area contributed by atoms with E-state index < -0.39 is 10.0 Å². The number of carbonyl (C=O) groups is 1. The second-order valence-corrected chi connectivity index (χ2v) is 6.81. The topological polar surface area (TPSA) is 83.4 Å². The van der Waals surface area contributed by atoms with Crippen LogP contribution >= 0.6 is 0 Å². The number of aromatic nitrogens is 1. The largest absolute Gasteiger partial charge is 0.354 e. The Morgan fingerprint density at radius 2 is 2.20 bits per heavy atom. The molecule has 2 N–H and O–H groups in total. The standard InChI is InChI=1S/C12H20N4O3S/c1-9-7-14-4-5-16(9)20(18,19)10-6-11(12(17)13-2)15(3)8-10/h6,8-9,14H,4-5,7H2,1-3H3,(H,13,17). The Balaban J connectivity index is 2.37. The lowest BCUT2D eigenvalue weighted by Gasteiger charge is -2.32. The predicted molar refractivity (Wildman–Crippen MR) is 75.0 cm³/mol. The first-order valence-electron chi connectivity index (χ1n) is 6.49. The molecule has 2 rings (SSSR count). The minimum Gasteiger partial charge on any atom is -0.354 e. The summed E-state index contributed by atoms with van der Waals surface area (Å²) < 4.78 is 28.3. The van der Waals surface area contributed by atoms with Gasteiger partial charge in [-0.3, -0.25) is 4.79 Å². The van der Waals surface area contributed by atoms with Gasteiger partial charge >= 0.3 is 0 Å². The van der Waals surface area contributed by atoms with Crippen LogP contribution in [0.3, 0.4) is 0 Å². The van der Waals surface area contributed by atoms with Crippen molar-refractivity contribution in [2.24, 2.45) is 7.05 Å². The fraction of sp³-hybridized carbons (Fsp3) is 0.583. The second-order valence-electron chi connectivity index (χ2n) is 4.92. The first-order chi connectivity index (χ1) is 9.37. The zero-order chi connectivity index (χ0) is 14.9. The minimum atomic E-state index is -3.56. The molecule has 112 valence electrons. The molecular weight excluding hydrogens is 280 g/mol. The van der Waals surface area contributed by atoms with E-state index in [9.17, 15) is 13.2 Å². The first kappa shape index (κ1) is 15.0. The zero-order valence-electron chi connectivity index (χ0n) is 11.9. The molecule has 1 aromatic rings. The molecule has 20 heavy (non-hydrogen) atoms. The van der Waals surface area contributed by atoms with E-state index in [2.05, 4.69) is 10.6 Å². The predicted octanol–water partition coefficient (Wildman–Crippen LogP) is -0.633. The zero-order valence-corrected chi connectivity index (χ0v) is 12.7. The van der Waals surface area contributed by atoms with Crippen LogP contribution < -0.4 is 10.6 Å². The van der Waals surface area contributed by atoms with Crippen molar-refractivity contribution in [1.29, 1.82) is 0 Å². The summed E-state index contributed by atoms with van der Waals surface area (Å²) in [5.74, 6) is -0.303. The van der Waals surface area contributed by atoms with E-state index in [1.54, 1.807) is 7.05 Å². The average molecular weight is 300 g/mol. The number of hydrogen-bond acceptors (Lipinski definition) is 4. The van der Waals surface area contributed by atoms with E-state index in [-0.39, 0.29) is 16.8 Å². The van der Waals surface area contributed by atoms with Gasteiger partial charge in [-0.15, -0.1) is 0 Å². The molecule has 0 saturated carbocycles. The molecule has 1 amide bonds. The molecule has 0 aliphatic carbocycles. The number of sulfonamides is 1. The molecule has 8 heteroatoms. The Hall–Kier alpha value is -1.38. The van der Waals surface area contributed by atoms with Gasteiger partial charge in [-0.05, 0) is 13.0 Å². The van der Waals surface area contributed by atoms with Crippen molar-refractivity contribution in [1.82, 2.24) is 19.5 Å². The van der Waals surface area contributed by atoms with Crippen LogP contribution in [0.5, 0.6) is 0 Å². The maximum Gasteiger partial charge on any atom is 0.267 e. The molecule has 1 unspecified atom stereocenters. The van der Waals surface area contributed by atoms with Gasteiger partial charge in [0.05, 0.1) is 0 Å². The SMILES string of the molecule is CNC(=O)c1cc(S(=O)(=O)N2CCNCC2C)cn1C. The maximum atomic E-state index is 12.6. The second kappa shape index (κ2) is 5.55. The van der Waals surface area contributed by atoms with Crippen molar-refractivity contribution in [2.45, 2.75) is 17.9 Å². The van der Waals surface area contributed by atoms with E-state index in [1.165, 1.54) is 28.2 Å². The molecular formula is C12H20N4O3S. The van der Waals surface area contributed by atoms with Gasteiger partial charge in [0.15, 0.2) is 0 Å². The lowest BCUT2D eigenvalue weighted by atomic mass is 10.3. The highest BCUT2D eigenvalue weighted by molar-refractivity contribution is 7.89. The number of nitrogens with one attached hydrogen (secondary N) is 2. The highest BCUT2D eigenvalue weighted by atomic mass is 32.2. The molecule has 7 nitrogen and oxygen atoms in total. The molecule has 1 aliphatic rings. The van der Waals surface area contributed by atoms with Crippen molar-refractivity contribution in [3.8, 4) is 0 Å². The van der Waals surface area contributed by atoms with Gasteiger partial charge in [-0.1, -0.05) is 0 Å². The van der Waals surface area contributed by atoms with Crippen LogP contribution in [0.4, 0.5) is 0 Å². The van der Waals surface area contributed by atoms with Gasteiger partial charge in [-0.25, -0.2) is 8.42 Å². The third-order valence-corrected chi connectivity index (χ3v) is 5.47. The van der Waals surface area contributed by atoms with Crippen LogP contribution in [0.15, 0.2) is 17.2 Å². The summed E-state index contributed by atoms with van der Waals surface area (Å²) in [4.78, 5) is 11.8. The molecule has 0 radical (unpaired) electrons. The normalized spacial score (nSPS) is 20.9. The van der Waals surface area contributed by atoms with Gasteiger partial charge in [0.25, 0.3) is 5.91 Å². The third kappa shape index (κ3) is 2.58. The van der Waals surface area contributed by atoms with Crippen LogP contribution in [0.2, 0.25) is 0 Å². The smallest absolute Gasteiger partial charge is 0.267 e. The van der Waals surface area contributed by atoms with Crippen molar-refractivity contribution < 1.29 is 13.2 Å². The summed E-state index contributed by atoms with van der Waals surface area (Å²) in [6.45, 7) is 3.58. The monoisotopic (exact) mass is 300 g/mol. The number of nitrogens with zero attached hydrogens (tertiary/aromatic N) is 2. The van der Waals surface area contributed by atoms with E-state index in [4.69, 9.17) is 0 Å². The summed E-state index contributed by atoms with van der Waals surface area (Å²) in [5, 5.41) is 5.65. The van der Waals surface area contributed by atoms with Crippen LogP contribution in [0, 0.1) is 0 Å². The molecule has 2 heterocycles. The summed E-state index contributed by atoms with van der Waals surface area (Å²) in [6, 6.07) is 1.32. The van der Waals surface area contributed by atoms with Crippen LogP contribution in [-0.2, 0) is 17.1 Å². The summed E-state index contributed by atoms with van der Waals surface area (Å²) in [5.41, 5.74) is 0.328. The van der Waals surface area contributed by atoms with E-state index in [0.717, 1.165) is 0 Å². The lowest BCUT2D eigenvalue weighted by Crippen LogP contribution is -2.52. The number of rotatable bonds is 3. The Labute approximate surface area is 119 Å². The van der Waals surface area contributed by atoms with Crippen LogP contribution in [0.1, 0.15) is 17.4 Å². The highest BCUT2D eigenvalue weighted by Crippen LogP contribution is 2.21. The van der Waals surface area contributed by atoms with Crippen molar-refractivity contribution in [2.75, 3.05) is 26.7 Å². The van der Waals surface area contributed by atoms with Crippen molar-refractivity contribution in [3.05, 3.63) is 18.0 Å². The fourth-order valence-electron chi connectivity index (χ4n) is 2.34. The maximum absolute atomic E-state index is 12.6. The molecule has 0 spiro atoms. The number of amides is 1. The number of hydrogen-bond donors (Lipinski definition) is 2. The summed E-state index contributed by atoms with van der Waals surface area (Å²) in [7, 11) is -0.389. The Bertz CT molecular complexity index is 608. The first-order valence-corrected chi connectivity index (χ1v) is 7.93. The minimum absolute atomic E-state index is 0.0996. The van der Waals surface area contributed by atoms with Crippen LogP contribution in [-0.4, -0.2) is 55.9 Å². The highest BCUT2D eigenvalue weighted by Gasteiger charge is 2.32. The Kier molecular flexibility index (Phi) is 4.17. The van der Waals surface area contributed by atoms with Gasteiger partial charge in [0.1, 0.15) is 10.6 Å². The van der Waals surface area contributed by atoms with Gasteiger partial charge in [0.2, 0.25) is 10.0 Å². The number of aryl methyl sites for hydroxylation is 1. The average Bonchev–Trinajstić information content (AvgIpc) is 2.81. The summed E-state index contributed by atoms with van der Waals surface area (Å²) >= 11 is 0. The molecule has 1 aromatic heterocycles. The number of piperazine rings is 1. The lowest BCUT2D eigenvalue weighted by molar-refractivity contribution is 0.0955. The Morgan fingerprint density at radius 3 is 2.80 bits per heavy atom. The van der Waals surface area contributed by atoms with Gasteiger partial charge in [-0.2, -0.15) is 4.31 Å². The van der Waals surface area contributed by atoms with Crippen molar-refractivity contribution >= 4 is 15.9 Å². The van der Waals surface area contributed by atoms with Gasteiger partial charge < -0.3 is 15.2 Å². The molecule has 0 bridgehead atoms. The fourth-order valence-corrected chi connectivity index (χ4v) is 4.05. The molecule has 1 aliphatic heterocycles. The number of carbonyl (C=O) groups excluding carboxylic acids is 1. The molecule has 0 aromatic carbocycles. The van der Waals surface area contributed by atoms with Crippen molar-refractivity contribution in [3.63, 3.8) is 0 Å². The van der Waals surface area contributed by atoms with E-state index in [1.807, 2.05) is 6.92 Å². The van der Waals surface area contributed by atoms with Crippen LogP contribution in [0.25, 0.3) is 0 Å². The molecule has 1 fully saturated rings. The van der Waals surface area contributed by atoms with E-state index in [0.29, 0.717) is 25.3 Å². The van der Waals surface area contributed by atoms with E-state index >= 15 is 0 Å². The quantitative estimate of drug-likeness (QED) is 0.778. The molecule has 1 saturated heterocycles. The molecule has 1 atom stereocenters.